The summed E-state index contributed by atoms with van der Waals surface area (Å²) < 4.78 is 19.0. The number of hydrogen-bond donors (Lipinski definition) is 2. The number of carbonyl (C=O) groups excluding carboxylic acids is 1. The van der Waals surface area contributed by atoms with Gasteiger partial charge in [0.05, 0.1) is 24.8 Å². The van der Waals surface area contributed by atoms with Crippen molar-refractivity contribution >= 4 is 17.7 Å². The molecular weight excluding hydrogens is 267 g/mol. The predicted molar refractivity (Wildman–Crippen MR) is 73.8 cm³/mol. The first kappa shape index (κ1) is 14.1. The molecule has 0 saturated carbocycles. The van der Waals surface area contributed by atoms with Crippen molar-refractivity contribution in [2.45, 2.75) is 19.0 Å². The van der Waals surface area contributed by atoms with Crippen molar-refractivity contribution < 1.29 is 13.9 Å². The van der Waals surface area contributed by atoms with Crippen molar-refractivity contribution in [2.24, 2.45) is 0 Å². The van der Waals surface area contributed by atoms with Crippen LogP contribution >= 0.6 is 11.8 Å². The molecule has 1 aliphatic heterocycles. The smallest absolute Gasteiger partial charge is 0.238 e. The van der Waals surface area contributed by atoms with Crippen LogP contribution in [0.25, 0.3) is 0 Å². The summed E-state index contributed by atoms with van der Waals surface area (Å²) in [6.45, 7) is 1.75. The molecule has 19 heavy (non-hydrogen) atoms. The Kier molecular flexibility index (Phi) is 4.66. The Hall–Kier alpha value is -1.27. The number of carbonyl (C=O) groups is 1. The van der Waals surface area contributed by atoms with Crippen LogP contribution in [0, 0.1) is 5.82 Å². The molecule has 1 fully saturated rings. The van der Waals surface area contributed by atoms with Crippen molar-refractivity contribution in [3.05, 3.63) is 29.6 Å². The van der Waals surface area contributed by atoms with Gasteiger partial charge < -0.3 is 10.1 Å². The minimum absolute atomic E-state index is 0.109. The molecule has 2 atom stereocenters. The number of methoxy groups -OCH3 is 1. The summed E-state index contributed by atoms with van der Waals surface area (Å²) in [4.78, 5) is 12.0. The molecule has 2 rings (SSSR count). The van der Waals surface area contributed by atoms with Gasteiger partial charge in [0.25, 0.3) is 0 Å². The third-order valence-corrected chi connectivity index (χ3v) is 4.00. The lowest BCUT2D eigenvalue weighted by atomic mass is 10.1. The third-order valence-electron chi connectivity index (χ3n) is 3.06. The third kappa shape index (κ3) is 3.19. The van der Waals surface area contributed by atoms with Gasteiger partial charge >= 0.3 is 0 Å². The van der Waals surface area contributed by atoms with Crippen molar-refractivity contribution in [2.75, 3.05) is 18.7 Å². The lowest BCUT2D eigenvalue weighted by molar-refractivity contribution is -0.123. The number of hydrogen-bond acceptors (Lipinski definition) is 4. The zero-order valence-electron chi connectivity index (χ0n) is 10.9. The molecule has 0 aromatic heterocycles. The Balaban J connectivity index is 2.11. The minimum atomic E-state index is -0.434. The van der Waals surface area contributed by atoms with Gasteiger partial charge in [-0.15, -0.1) is 11.8 Å². The fourth-order valence-electron chi connectivity index (χ4n) is 2.07. The zero-order chi connectivity index (χ0) is 13.8. The maximum Gasteiger partial charge on any atom is 0.238 e. The molecule has 1 aromatic rings. The first-order valence-electron chi connectivity index (χ1n) is 6.07. The van der Waals surface area contributed by atoms with E-state index in [1.54, 1.807) is 30.8 Å². The molecular formula is C13H17FN2O2S. The summed E-state index contributed by atoms with van der Waals surface area (Å²) >= 11 is 1.67. The largest absolute Gasteiger partial charge is 0.496 e. The highest BCUT2D eigenvalue weighted by molar-refractivity contribution is 7.99. The molecule has 6 heteroatoms. The molecule has 4 nitrogen and oxygen atoms in total. The van der Waals surface area contributed by atoms with Crippen LogP contribution in [0.15, 0.2) is 18.2 Å². The van der Waals surface area contributed by atoms with Crippen LogP contribution in [-0.2, 0) is 4.79 Å². The fourth-order valence-corrected chi connectivity index (χ4v) is 3.01. The summed E-state index contributed by atoms with van der Waals surface area (Å²) in [7, 11) is 1.49. The summed E-state index contributed by atoms with van der Waals surface area (Å²) in [5.41, 5.74) is 0.379. The van der Waals surface area contributed by atoms with E-state index >= 15 is 0 Å². The number of thioether (sulfide) groups is 1. The van der Waals surface area contributed by atoms with Gasteiger partial charge in [-0.1, -0.05) is 6.07 Å². The number of ether oxygens (including phenoxy) is 1. The molecule has 0 radical (unpaired) electrons. The number of halogens is 1. The van der Waals surface area contributed by atoms with Crippen LogP contribution in [0.4, 0.5) is 4.39 Å². The Bertz CT molecular complexity index is 464. The van der Waals surface area contributed by atoms with E-state index in [9.17, 15) is 9.18 Å². The average Bonchev–Trinajstić information content (AvgIpc) is 2.92. The monoisotopic (exact) mass is 284 g/mol. The van der Waals surface area contributed by atoms with Crippen molar-refractivity contribution in [3.8, 4) is 5.75 Å². The molecule has 1 saturated heterocycles. The molecule has 0 aliphatic carbocycles. The van der Waals surface area contributed by atoms with E-state index in [2.05, 4.69) is 10.6 Å². The highest BCUT2D eigenvalue weighted by atomic mass is 32.2. The van der Waals surface area contributed by atoms with Gasteiger partial charge in [-0.2, -0.15) is 0 Å². The van der Waals surface area contributed by atoms with E-state index in [1.165, 1.54) is 13.2 Å². The molecule has 1 aromatic carbocycles. The van der Waals surface area contributed by atoms with Crippen LogP contribution in [0.1, 0.15) is 18.5 Å². The summed E-state index contributed by atoms with van der Waals surface area (Å²) in [6, 6.07) is 4.00. The Morgan fingerprint density at radius 2 is 2.42 bits per heavy atom. The Labute approximate surface area is 116 Å². The predicted octanol–water partition coefficient (Wildman–Crippen LogP) is 1.67. The first-order chi connectivity index (χ1) is 9.13. The van der Waals surface area contributed by atoms with Gasteiger partial charge in [0.1, 0.15) is 11.6 Å². The number of benzene rings is 1. The number of rotatable bonds is 4. The molecule has 2 N–H and O–H groups in total. The maximum atomic E-state index is 13.9. The second-order valence-corrected chi connectivity index (χ2v) is 5.39. The van der Waals surface area contributed by atoms with Crippen molar-refractivity contribution in [1.82, 2.24) is 10.6 Å². The highest BCUT2D eigenvalue weighted by Gasteiger charge is 2.25. The lowest BCUT2D eigenvalue weighted by Gasteiger charge is -2.19. The number of amides is 1. The molecule has 1 aliphatic rings. The first-order valence-corrected chi connectivity index (χ1v) is 7.23. The Morgan fingerprint density at radius 1 is 1.63 bits per heavy atom. The van der Waals surface area contributed by atoms with Crippen LogP contribution in [0.3, 0.4) is 0 Å². The van der Waals surface area contributed by atoms with Crippen LogP contribution < -0.4 is 15.4 Å². The lowest BCUT2D eigenvalue weighted by Crippen LogP contribution is -2.43. The molecule has 0 bridgehead atoms. The minimum Gasteiger partial charge on any atom is -0.496 e. The summed E-state index contributed by atoms with van der Waals surface area (Å²) in [6.07, 6.45) is 0. The van der Waals surface area contributed by atoms with E-state index in [-0.39, 0.29) is 17.8 Å². The van der Waals surface area contributed by atoms with Gasteiger partial charge in [-0.3, -0.25) is 10.1 Å². The van der Waals surface area contributed by atoms with E-state index in [0.29, 0.717) is 11.3 Å². The van der Waals surface area contributed by atoms with E-state index in [4.69, 9.17) is 4.74 Å². The van der Waals surface area contributed by atoms with Gasteiger partial charge in [-0.05, 0) is 19.1 Å². The van der Waals surface area contributed by atoms with Crippen molar-refractivity contribution in [3.63, 3.8) is 0 Å². The zero-order valence-corrected chi connectivity index (χ0v) is 11.7. The topological polar surface area (TPSA) is 50.4 Å². The molecule has 0 spiro atoms. The van der Waals surface area contributed by atoms with E-state index < -0.39 is 6.04 Å². The van der Waals surface area contributed by atoms with Crippen molar-refractivity contribution in [1.29, 1.82) is 0 Å². The molecule has 1 amide bonds. The standard InChI is InChI=1S/C13H17FN2O2S/c1-8(16-13(17)10-6-19-7-15-10)12-9(14)4-3-5-11(12)18-2/h3-5,8,10,15H,6-7H2,1-2H3,(H,16,17)/t8-,10-/m1/s1. The van der Waals surface area contributed by atoms with Crippen LogP contribution in [0.5, 0.6) is 5.75 Å². The normalized spacial score (nSPS) is 20.1. The maximum absolute atomic E-state index is 13.9. The second-order valence-electron chi connectivity index (χ2n) is 4.36. The van der Waals surface area contributed by atoms with Gasteiger partial charge in [0.2, 0.25) is 5.91 Å². The highest BCUT2D eigenvalue weighted by Crippen LogP contribution is 2.27. The molecule has 1 heterocycles. The number of nitrogens with one attached hydrogen (secondary N) is 2. The summed E-state index contributed by atoms with van der Waals surface area (Å²) in [5, 5.41) is 5.90. The second kappa shape index (κ2) is 6.25. The molecule has 104 valence electrons. The fraction of sp³-hybridized carbons (Fsp3) is 0.462. The quantitative estimate of drug-likeness (QED) is 0.883. The van der Waals surface area contributed by atoms with E-state index in [1.807, 2.05) is 0 Å². The van der Waals surface area contributed by atoms with E-state index in [0.717, 1.165) is 11.6 Å². The summed E-state index contributed by atoms with van der Waals surface area (Å²) in [5.74, 6) is 1.48. The van der Waals surface area contributed by atoms with Crippen LogP contribution in [-0.4, -0.2) is 30.7 Å². The van der Waals surface area contributed by atoms with Gasteiger partial charge in [-0.25, -0.2) is 4.39 Å². The van der Waals surface area contributed by atoms with Gasteiger partial charge in [0, 0.05) is 11.6 Å². The molecule has 0 unspecified atom stereocenters. The SMILES string of the molecule is COc1cccc(F)c1[C@@H](C)NC(=O)[C@H]1CSCN1. The Morgan fingerprint density at radius 3 is 3.05 bits per heavy atom. The van der Waals surface area contributed by atoms with Crippen LogP contribution in [0.2, 0.25) is 0 Å². The average molecular weight is 284 g/mol. The van der Waals surface area contributed by atoms with Gasteiger partial charge in [0.15, 0.2) is 0 Å².